The van der Waals surface area contributed by atoms with Gasteiger partial charge in [0.15, 0.2) is 0 Å². The van der Waals surface area contributed by atoms with E-state index < -0.39 is 16.3 Å². The maximum atomic E-state index is 11.2. The minimum Gasteiger partial charge on any atom is -0.395 e. The molecule has 12 heavy (non-hydrogen) atoms. The summed E-state index contributed by atoms with van der Waals surface area (Å²) in [5.74, 6) is 0. The zero-order valence-corrected chi connectivity index (χ0v) is 8.43. The van der Waals surface area contributed by atoms with E-state index in [1.54, 1.807) is 6.92 Å². The number of nitrogens with zero attached hydrogens (tertiary/aromatic N) is 1. The lowest BCUT2D eigenvalue weighted by molar-refractivity contribution is 0.252. The quantitative estimate of drug-likeness (QED) is 0.602. The Labute approximate surface area is 73.6 Å². The third-order valence-electron chi connectivity index (χ3n) is 1.51. The Morgan fingerprint density at radius 2 is 2.00 bits per heavy atom. The molecule has 1 atom stereocenters. The van der Waals surface area contributed by atoms with Gasteiger partial charge < -0.3 is 5.11 Å². The molecule has 0 fully saturated rings. The van der Waals surface area contributed by atoms with Crippen molar-refractivity contribution in [2.45, 2.75) is 19.4 Å². The molecule has 0 radical (unpaired) electrons. The molecule has 0 aliphatic carbocycles. The molecule has 0 amide bonds. The zero-order valence-electron chi connectivity index (χ0n) is 7.61. The van der Waals surface area contributed by atoms with Gasteiger partial charge in [0.05, 0.1) is 6.61 Å². The van der Waals surface area contributed by atoms with E-state index in [-0.39, 0.29) is 6.61 Å². The summed E-state index contributed by atoms with van der Waals surface area (Å²) in [5, 5.41) is 8.73. The Morgan fingerprint density at radius 1 is 1.50 bits per heavy atom. The Balaban J connectivity index is 4.23. The Bertz CT molecular complexity index is 209. The average molecular weight is 196 g/mol. The maximum Gasteiger partial charge on any atom is 0.279 e. The lowest BCUT2D eigenvalue weighted by atomic mass is 10.3. The van der Waals surface area contributed by atoms with Crippen LogP contribution < -0.4 is 4.72 Å². The van der Waals surface area contributed by atoms with Crippen LogP contribution in [0.1, 0.15) is 13.3 Å². The summed E-state index contributed by atoms with van der Waals surface area (Å²) in [7, 11) is -0.524. The largest absolute Gasteiger partial charge is 0.395 e. The molecule has 0 bridgehead atoms. The summed E-state index contributed by atoms with van der Waals surface area (Å²) in [4.78, 5) is 0. The summed E-state index contributed by atoms with van der Waals surface area (Å²) >= 11 is 0. The van der Waals surface area contributed by atoms with Gasteiger partial charge in [-0.3, -0.25) is 0 Å². The fraction of sp³-hybridized carbons (Fsp3) is 1.00. The van der Waals surface area contributed by atoms with Crippen LogP contribution in [0.5, 0.6) is 0 Å². The molecular formula is C6H16N2O3S. The van der Waals surface area contributed by atoms with Crippen molar-refractivity contribution >= 4 is 10.2 Å². The molecule has 0 saturated heterocycles. The molecular weight excluding hydrogens is 180 g/mol. The van der Waals surface area contributed by atoms with Crippen LogP contribution in [0.2, 0.25) is 0 Å². The first-order valence-corrected chi connectivity index (χ1v) is 5.18. The zero-order chi connectivity index (χ0) is 9.78. The Kier molecular flexibility index (Phi) is 4.69. The van der Waals surface area contributed by atoms with Gasteiger partial charge in [-0.15, -0.1) is 0 Å². The second-order valence-electron chi connectivity index (χ2n) is 2.69. The molecule has 1 unspecified atom stereocenters. The van der Waals surface area contributed by atoms with Crippen molar-refractivity contribution in [3.05, 3.63) is 0 Å². The van der Waals surface area contributed by atoms with Gasteiger partial charge in [0.25, 0.3) is 10.2 Å². The third-order valence-corrected chi connectivity index (χ3v) is 3.10. The number of nitrogens with one attached hydrogen (secondary N) is 1. The molecule has 0 spiro atoms. The van der Waals surface area contributed by atoms with Gasteiger partial charge in [0.1, 0.15) is 0 Å². The first-order chi connectivity index (χ1) is 5.44. The van der Waals surface area contributed by atoms with Gasteiger partial charge >= 0.3 is 0 Å². The minimum absolute atomic E-state index is 0.177. The van der Waals surface area contributed by atoms with Crippen molar-refractivity contribution in [1.29, 1.82) is 0 Å². The van der Waals surface area contributed by atoms with Crippen molar-refractivity contribution < 1.29 is 13.5 Å². The Hall–Kier alpha value is -0.170. The van der Waals surface area contributed by atoms with Crippen LogP contribution in [-0.4, -0.2) is 44.6 Å². The molecule has 2 N–H and O–H groups in total. The smallest absolute Gasteiger partial charge is 0.279 e. The highest BCUT2D eigenvalue weighted by Crippen LogP contribution is 1.95. The third kappa shape index (κ3) is 3.48. The standard InChI is InChI=1S/C6H16N2O3S/c1-4-6(5-9)7-12(10,11)8(2)3/h6-7,9H,4-5H2,1-3H3. The summed E-state index contributed by atoms with van der Waals surface area (Å²) < 4.78 is 25.7. The average Bonchev–Trinajstić information content (AvgIpc) is 2.00. The fourth-order valence-corrected chi connectivity index (χ4v) is 1.44. The van der Waals surface area contributed by atoms with E-state index in [4.69, 9.17) is 5.11 Å². The molecule has 0 aromatic carbocycles. The topological polar surface area (TPSA) is 69.6 Å². The van der Waals surface area contributed by atoms with E-state index in [0.717, 1.165) is 4.31 Å². The van der Waals surface area contributed by atoms with Crippen molar-refractivity contribution in [2.75, 3.05) is 20.7 Å². The number of rotatable bonds is 5. The molecule has 6 heteroatoms. The highest BCUT2D eigenvalue weighted by atomic mass is 32.2. The monoisotopic (exact) mass is 196 g/mol. The fourth-order valence-electron chi connectivity index (χ4n) is 0.566. The molecule has 5 nitrogen and oxygen atoms in total. The van der Waals surface area contributed by atoms with E-state index in [0.29, 0.717) is 6.42 Å². The SMILES string of the molecule is CCC(CO)NS(=O)(=O)N(C)C. The summed E-state index contributed by atoms with van der Waals surface area (Å²) in [6.45, 7) is 1.63. The lowest BCUT2D eigenvalue weighted by Gasteiger charge is -2.17. The van der Waals surface area contributed by atoms with Crippen LogP contribution in [0.4, 0.5) is 0 Å². The van der Waals surface area contributed by atoms with E-state index in [1.807, 2.05) is 0 Å². The number of aliphatic hydroxyl groups is 1. The highest BCUT2D eigenvalue weighted by Gasteiger charge is 2.17. The van der Waals surface area contributed by atoms with Crippen molar-refractivity contribution in [3.8, 4) is 0 Å². The van der Waals surface area contributed by atoms with Gasteiger partial charge in [-0.1, -0.05) is 6.92 Å². The van der Waals surface area contributed by atoms with E-state index in [2.05, 4.69) is 4.72 Å². The van der Waals surface area contributed by atoms with Crippen LogP contribution >= 0.6 is 0 Å². The first kappa shape index (κ1) is 11.8. The van der Waals surface area contributed by atoms with Crippen molar-refractivity contribution in [1.82, 2.24) is 9.03 Å². The maximum absolute atomic E-state index is 11.2. The van der Waals surface area contributed by atoms with Gasteiger partial charge in [-0.05, 0) is 6.42 Å². The second-order valence-corrected chi connectivity index (χ2v) is 4.61. The predicted octanol–water partition coefficient (Wildman–Crippen LogP) is -0.847. The second kappa shape index (κ2) is 4.76. The van der Waals surface area contributed by atoms with Crippen LogP contribution in [-0.2, 0) is 10.2 Å². The molecule has 0 aromatic heterocycles. The minimum atomic E-state index is -3.40. The van der Waals surface area contributed by atoms with Crippen LogP contribution in [0.15, 0.2) is 0 Å². The number of aliphatic hydroxyl groups excluding tert-OH is 1. The number of hydrogen-bond donors (Lipinski definition) is 2. The van der Waals surface area contributed by atoms with E-state index in [9.17, 15) is 8.42 Å². The van der Waals surface area contributed by atoms with Crippen molar-refractivity contribution in [2.24, 2.45) is 0 Å². The van der Waals surface area contributed by atoms with E-state index >= 15 is 0 Å². The normalized spacial score (nSPS) is 15.1. The van der Waals surface area contributed by atoms with Gasteiger partial charge in [0.2, 0.25) is 0 Å². The number of hydrogen-bond acceptors (Lipinski definition) is 3. The van der Waals surface area contributed by atoms with Gasteiger partial charge in [-0.2, -0.15) is 17.4 Å². The first-order valence-electron chi connectivity index (χ1n) is 3.74. The molecule has 0 saturated carbocycles. The molecule has 0 aromatic rings. The van der Waals surface area contributed by atoms with Crippen LogP contribution in [0.25, 0.3) is 0 Å². The highest BCUT2D eigenvalue weighted by molar-refractivity contribution is 7.87. The van der Waals surface area contributed by atoms with E-state index in [1.165, 1.54) is 14.1 Å². The molecule has 0 heterocycles. The van der Waals surface area contributed by atoms with Crippen LogP contribution in [0.3, 0.4) is 0 Å². The van der Waals surface area contributed by atoms with Gasteiger partial charge in [0, 0.05) is 20.1 Å². The molecule has 0 aliphatic heterocycles. The van der Waals surface area contributed by atoms with Crippen LogP contribution in [0, 0.1) is 0 Å². The Morgan fingerprint density at radius 3 is 2.25 bits per heavy atom. The summed E-state index contributed by atoms with van der Waals surface area (Å²) in [5.41, 5.74) is 0. The predicted molar refractivity (Wildman–Crippen MR) is 46.9 cm³/mol. The lowest BCUT2D eigenvalue weighted by Crippen LogP contribution is -2.43. The molecule has 0 aliphatic rings. The molecule has 74 valence electrons. The molecule has 0 rings (SSSR count). The summed E-state index contributed by atoms with van der Waals surface area (Å²) in [6, 6.07) is -0.391. The summed E-state index contributed by atoms with van der Waals surface area (Å²) in [6.07, 6.45) is 0.573. The van der Waals surface area contributed by atoms with Gasteiger partial charge in [-0.25, -0.2) is 0 Å². The van der Waals surface area contributed by atoms with Crippen molar-refractivity contribution in [3.63, 3.8) is 0 Å².